The number of aliphatic hydroxyl groups excluding tert-OH is 1. The molecule has 1 aromatic carbocycles. The maximum Gasteiger partial charge on any atom is 0.328 e. The van der Waals surface area contributed by atoms with E-state index in [-0.39, 0.29) is 24.8 Å². The van der Waals surface area contributed by atoms with Crippen LogP contribution in [0.4, 0.5) is 0 Å². The van der Waals surface area contributed by atoms with Crippen LogP contribution in [0.3, 0.4) is 0 Å². The van der Waals surface area contributed by atoms with Crippen LogP contribution in [0.25, 0.3) is 0 Å². The standard InChI is InChI=1S/C17H23NO5/c1-4-14(11-5-7-13(22-2)8-6-11)16(20)18-10-12(19)9-15(18)17(21)23-3/h5-8,12,14-15,19H,4,9-10H2,1-3H3/t12-,14+,15+/m1/s1. The molecule has 1 aliphatic heterocycles. The van der Waals surface area contributed by atoms with Gasteiger partial charge in [0.1, 0.15) is 11.8 Å². The predicted octanol–water partition coefficient (Wildman–Crippen LogP) is 1.32. The van der Waals surface area contributed by atoms with Gasteiger partial charge in [0, 0.05) is 13.0 Å². The molecule has 6 heteroatoms. The highest BCUT2D eigenvalue weighted by atomic mass is 16.5. The highest BCUT2D eigenvalue weighted by Crippen LogP contribution is 2.28. The summed E-state index contributed by atoms with van der Waals surface area (Å²) in [7, 11) is 2.88. The van der Waals surface area contributed by atoms with Crippen LogP contribution in [0.1, 0.15) is 31.2 Å². The lowest BCUT2D eigenvalue weighted by Crippen LogP contribution is -2.43. The molecule has 1 amide bonds. The molecule has 1 aliphatic rings. The first-order valence-electron chi connectivity index (χ1n) is 7.72. The molecule has 0 saturated carbocycles. The fraction of sp³-hybridized carbons (Fsp3) is 0.529. The van der Waals surface area contributed by atoms with Crippen molar-refractivity contribution in [3.05, 3.63) is 29.8 Å². The minimum atomic E-state index is -0.713. The van der Waals surface area contributed by atoms with E-state index in [0.717, 1.165) is 11.3 Å². The number of aliphatic hydroxyl groups is 1. The molecule has 0 unspecified atom stereocenters. The zero-order chi connectivity index (χ0) is 17.0. The molecule has 0 radical (unpaired) electrons. The monoisotopic (exact) mass is 321 g/mol. The predicted molar refractivity (Wildman–Crippen MR) is 84.2 cm³/mol. The van der Waals surface area contributed by atoms with Gasteiger partial charge in [0.25, 0.3) is 0 Å². The minimum Gasteiger partial charge on any atom is -0.497 e. The quantitative estimate of drug-likeness (QED) is 0.828. The Labute approximate surface area is 136 Å². The van der Waals surface area contributed by atoms with Crippen molar-refractivity contribution in [2.45, 2.75) is 37.8 Å². The molecular weight excluding hydrogens is 298 g/mol. The fourth-order valence-electron chi connectivity index (χ4n) is 3.01. The minimum absolute atomic E-state index is 0.158. The highest BCUT2D eigenvalue weighted by molar-refractivity contribution is 5.89. The second-order valence-electron chi connectivity index (χ2n) is 5.65. The molecular formula is C17H23NO5. The van der Waals surface area contributed by atoms with E-state index in [9.17, 15) is 14.7 Å². The van der Waals surface area contributed by atoms with Crippen molar-refractivity contribution < 1.29 is 24.2 Å². The van der Waals surface area contributed by atoms with Crippen LogP contribution in [0, 0.1) is 0 Å². The number of esters is 1. The van der Waals surface area contributed by atoms with Gasteiger partial charge in [0.2, 0.25) is 5.91 Å². The van der Waals surface area contributed by atoms with Gasteiger partial charge in [-0.25, -0.2) is 4.79 Å². The number of β-amino-alcohol motifs (C(OH)–C–C–N with tert-alkyl or cyclic N) is 1. The number of benzene rings is 1. The van der Waals surface area contributed by atoms with Crippen LogP contribution < -0.4 is 4.74 Å². The smallest absolute Gasteiger partial charge is 0.328 e. The third-order valence-electron chi connectivity index (χ3n) is 4.26. The summed E-state index contributed by atoms with van der Waals surface area (Å²) in [5.41, 5.74) is 0.864. The number of methoxy groups -OCH3 is 2. The van der Waals surface area contributed by atoms with Gasteiger partial charge in [0.05, 0.1) is 26.2 Å². The highest BCUT2D eigenvalue weighted by Gasteiger charge is 2.41. The average molecular weight is 321 g/mol. The molecule has 126 valence electrons. The Kier molecular flexibility index (Phi) is 5.60. The zero-order valence-electron chi connectivity index (χ0n) is 13.7. The van der Waals surface area contributed by atoms with Crippen LogP contribution >= 0.6 is 0 Å². The van der Waals surface area contributed by atoms with Crippen molar-refractivity contribution in [1.29, 1.82) is 0 Å². The second kappa shape index (κ2) is 7.46. The van der Waals surface area contributed by atoms with Gasteiger partial charge in [-0.2, -0.15) is 0 Å². The van der Waals surface area contributed by atoms with E-state index >= 15 is 0 Å². The Hall–Kier alpha value is -2.08. The maximum absolute atomic E-state index is 12.9. The molecule has 0 aromatic heterocycles. The second-order valence-corrected chi connectivity index (χ2v) is 5.65. The normalized spacial score (nSPS) is 21.8. The van der Waals surface area contributed by atoms with Gasteiger partial charge in [0.15, 0.2) is 0 Å². The van der Waals surface area contributed by atoms with Crippen molar-refractivity contribution in [1.82, 2.24) is 4.90 Å². The molecule has 23 heavy (non-hydrogen) atoms. The topological polar surface area (TPSA) is 76.1 Å². The van der Waals surface area contributed by atoms with Gasteiger partial charge in [-0.05, 0) is 24.1 Å². The summed E-state index contributed by atoms with van der Waals surface area (Å²) in [4.78, 5) is 26.2. The Morgan fingerprint density at radius 3 is 2.48 bits per heavy atom. The van der Waals surface area contributed by atoms with E-state index in [1.54, 1.807) is 7.11 Å². The summed E-state index contributed by atoms with van der Waals surface area (Å²) >= 11 is 0. The molecule has 1 fully saturated rings. The van der Waals surface area contributed by atoms with Crippen LogP contribution in [0.5, 0.6) is 5.75 Å². The van der Waals surface area contributed by atoms with Crippen LogP contribution in [-0.2, 0) is 14.3 Å². The Balaban J connectivity index is 2.22. The third-order valence-corrected chi connectivity index (χ3v) is 4.26. The molecule has 3 atom stereocenters. The van der Waals surface area contributed by atoms with Crippen molar-refractivity contribution in [3.8, 4) is 5.75 Å². The Morgan fingerprint density at radius 1 is 1.30 bits per heavy atom. The third kappa shape index (κ3) is 3.64. The number of carbonyl (C=O) groups excluding carboxylic acids is 2. The van der Waals surface area contributed by atoms with Crippen molar-refractivity contribution in [2.24, 2.45) is 0 Å². The summed E-state index contributed by atoms with van der Waals surface area (Å²) in [5, 5.41) is 9.84. The first kappa shape index (κ1) is 17.3. The van der Waals surface area contributed by atoms with Crippen LogP contribution in [0.2, 0.25) is 0 Å². The van der Waals surface area contributed by atoms with Crippen LogP contribution in [-0.4, -0.2) is 54.8 Å². The summed E-state index contributed by atoms with van der Waals surface area (Å²) in [6, 6.07) is 6.61. The first-order chi connectivity index (χ1) is 11.0. The molecule has 0 spiro atoms. The van der Waals surface area contributed by atoms with Gasteiger partial charge < -0.3 is 19.5 Å². The van der Waals surface area contributed by atoms with E-state index in [1.165, 1.54) is 12.0 Å². The van der Waals surface area contributed by atoms with Crippen molar-refractivity contribution >= 4 is 11.9 Å². The molecule has 1 heterocycles. The van der Waals surface area contributed by atoms with Crippen molar-refractivity contribution in [2.75, 3.05) is 20.8 Å². The number of hydrogen-bond acceptors (Lipinski definition) is 5. The molecule has 1 N–H and O–H groups in total. The number of hydrogen-bond donors (Lipinski definition) is 1. The summed E-state index contributed by atoms with van der Waals surface area (Å²) in [5.74, 6) is -0.289. The fourth-order valence-corrected chi connectivity index (χ4v) is 3.01. The number of nitrogens with zero attached hydrogens (tertiary/aromatic N) is 1. The first-order valence-corrected chi connectivity index (χ1v) is 7.72. The molecule has 0 aliphatic carbocycles. The Morgan fingerprint density at radius 2 is 1.96 bits per heavy atom. The lowest BCUT2D eigenvalue weighted by atomic mass is 9.94. The molecule has 0 bridgehead atoms. The number of carbonyl (C=O) groups is 2. The van der Waals surface area contributed by atoms with Gasteiger partial charge in [-0.3, -0.25) is 4.79 Å². The molecule has 1 aromatic rings. The average Bonchev–Trinajstić information content (AvgIpc) is 2.97. The summed E-state index contributed by atoms with van der Waals surface area (Å²) in [6.45, 7) is 2.08. The lowest BCUT2D eigenvalue weighted by molar-refractivity contribution is -0.151. The van der Waals surface area contributed by atoms with Crippen molar-refractivity contribution in [3.63, 3.8) is 0 Å². The summed E-state index contributed by atoms with van der Waals surface area (Å²) < 4.78 is 9.88. The molecule has 6 nitrogen and oxygen atoms in total. The van der Waals surface area contributed by atoms with E-state index in [2.05, 4.69) is 0 Å². The zero-order valence-corrected chi connectivity index (χ0v) is 13.7. The van der Waals surface area contributed by atoms with E-state index in [0.29, 0.717) is 6.42 Å². The maximum atomic E-state index is 12.9. The van der Waals surface area contributed by atoms with Gasteiger partial charge >= 0.3 is 5.97 Å². The van der Waals surface area contributed by atoms with Gasteiger partial charge in [-0.1, -0.05) is 19.1 Å². The summed E-state index contributed by atoms with van der Waals surface area (Å²) in [6.07, 6.45) is 0.125. The molecule has 2 rings (SSSR count). The van der Waals surface area contributed by atoms with Crippen LogP contribution in [0.15, 0.2) is 24.3 Å². The van der Waals surface area contributed by atoms with E-state index in [4.69, 9.17) is 9.47 Å². The number of likely N-dealkylation sites (tertiary alicyclic amines) is 1. The van der Waals surface area contributed by atoms with Gasteiger partial charge in [-0.15, -0.1) is 0 Å². The van der Waals surface area contributed by atoms with E-state index in [1.807, 2.05) is 31.2 Å². The SMILES string of the molecule is CC[C@H](C(=O)N1C[C@H](O)C[C@H]1C(=O)OC)c1ccc(OC)cc1. The number of amides is 1. The molecule has 1 saturated heterocycles. The lowest BCUT2D eigenvalue weighted by Gasteiger charge is -2.27. The largest absolute Gasteiger partial charge is 0.497 e. The Bertz CT molecular complexity index is 557. The number of ether oxygens (including phenoxy) is 2. The number of rotatable bonds is 5. The van der Waals surface area contributed by atoms with E-state index < -0.39 is 18.1 Å².